The average Bonchev–Trinajstić information content (AvgIpc) is 2.56. The van der Waals surface area contributed by atoms with Gasteiger partial charge in [0.25, 0.3) is 0 Å². The van der Waals surface area contributed by atoms with Gasteiger partial charge in [-0.1, -0.05) is 6.07 Å². The van der Waals surface area contributed by atoms with E-state index in [0.717, 1.165) is 11.1 Å². The second-order valence-electron chi connectivity index (χ2n) is 5.93. The number of fused-ring (bicyclic) bond motifs is 1. The molecule has 7 heteroatoms. The van der Waals surface area contributed by atoms with Gasteiger partial charge in [0.05, 0.1) is 5.69 Å². The fourth-order valence-electron chi connectivity index (χ4n) is 2.81. The van der Waals surface area contributed by atoms with Crippen LogP contribution in [0, 0.1) is 5.82 Å². The number of carbonyl (C=O) groups is 2. The van der Waals surface area contributed by atoms with Gasteiger partial charge in [-0.3, -0.25) is 4.79 Å². The number of nitrogens with zero attached hydrogens (tertiary/aromatic N) is 1. The summed E-state index contributed by atoms with van der Waals surface area (Å²) in [5, 5.41) is 14.7. The highest BCUT2D eigenvalue weighted by Gasteiger charge is 2.21. The molecule has 25 heavy (non-hydrogen) atoms. The van der Waals surface area contributed by atoms with Crippen molar-refractivity contribution >= 4 is 23.3 Å². The summed E-state index contributed by atoms with van der Waals surface area (Å²) in [7, 11) is 0. The minimum absolute atomic E-state index is 0.0132. The Labute approximate surface area is 144 Å². The van der Waals surface area contributed by atoms with Crippen molar-refractivity contribution in [2.24, 2.45) is 0 Å². The maximum absolute atomic E-state index is 13.7. The van der Waals surface area contributed by atoms with Crippen LogP contribution in [0.1, 0.15) is 18.1 Å². The van der Waals surface area contributed by atoms with E-state index in [4.69, 9.17) is 0 Å². The van der Waals surface area contributed by atoms with E-state index >= 15 is 0 Å². The van der Waals surface area contributed by atoms with E-state index in [0.29, 0.717) is 25.2 Å². The Bertz CT molecular complexity index is 838. The fraction of sp³-hybridized carbons (Fsp3) is 0.222. The molecule has 1 aliphatic heterocycles. The number of urea groups is 1. The first-order valence-corrected chi connectivity index (χ1v) is 7.86. The predicted octanol–water partition coefficient (Wildman–Crippen LogP) is 3.08. The minimum atomic E-state index is -0.574. The fourth-order valence-corrected chi connectivity index (χ4v) is 2.81. The third kappa shape index (κ3) is 3.88. The number of anilines is 2. The monoisotopic (exact) mass is 343 g/mol. The number of hydrogen-bond acceptors (Lipinski definition) is 3. The van der Waals surface area contributed by atoms with Gasteiger partial charge in [0.2, 0.25) is 5.91 Å². The van der Waals surface area contributed by atoms with Gasteiger partial charge in [-0.05, 0) is 47.9 Å². The van der Waals surface area contributed by atoms with Crippen molar-refractivity contribution in [3.8, 4) is 5.75 Å². The van der Waals surface area contributed by atoms with E-state index in [9.17, 15) is 19.1 Å². The summed E-state index contributed by atoms with van der Waals surface area (Å²) in [5.74, 6) is -0.801. The number of phenols is 1. The lowest BCUT2D eigenvalue weighted by molar-refractivity contribution is -0.114. The molecule has 1 heterocycles. The van der Waals surface area contributed by atoms with Crippen molar-refractivity contribution in [3.05, 3.63) is 53.3 Å². The third-order valence-electron chi connectivity index (χ3n) is 4.02. The Kier molecular flexibility index (Phi) is 4.56. The highest BCUT2D eigenvalue weighted by atomic mass is 19.1. The first-order chi connectivity index (χ1) is 11.9. The van der Waals surface area contributed by atoms with Crippen LogP contribution in [0.25, 0.3) is 0 Å². The smallest absolute Gasteiger partial charge is 0.322 e. The lowest BCUT2D eigenvalue weighted by Gasteiger charge is -2.29. The van der Waals surface area contributed by atoms with E-state index in [1.54, 1.807) is 17.0 Å². The largest absolute Gasteiger partial charge is 0.508 e. The maximum atomic E-state index is 13.7. The molecule has 1 aliphatic rings. The molecule has 3 rings (SSSR count). The van der Waals surface area contributed by atoms with Gasteiger partial charge >= 0.3 is 6.03 Å². The van der Waals surface area contributed by atoms with Gasteiger partial charge < -0.3 is 20.6 Å². The van der Waals surface area contributed by atoms with E-state index in [1.165, 1.54) is 25.1 Å². The molecule has 0 saturated carbocycles. The lowest BCUT2D eigenvalue weighted by atomic mass is 10.00. The Morgan fingerprint density at radius 3 is 2.68 bits per heavy atom. The van der Waals surface area contributed by atoms with E-state index in [1.807, 2.05) is 6.07 Å². The van der Waals surface area contributed by atoms with E-state index in [-0.39, 0.29) is 17.5 Å². The van der Waals surface area contributed by atoms with Crippen molar-refractivity contribution in [2.45, 2.75) is 19.9 Å². The molecule has 2 aromatic carbocycles. The van der Waals surface area contributed by atoms with Crippen LogP contribution < -0.4 is 10.6 Å². The Morgan fingerprint density at radius 1 is 1.12 bits per heavy atom. The van der Waals surface area contributed by atoms with Gasteiger partial charge in [0.15, 0.2) is 0 Å². The second kappa shape index (κ2) is 6.80. The molecule has 0 fully saturated rings. The van der Waals surface area contributed by atoms with Crippen LogP contribution in [0.5, 0.6) is 5.75 Å². The maximum Gasteiger partial charge on any atom is 0.322 e. The standard InChI is InChI=1S/C18H18FN3O3/c1-11(23)20-17-9-14(3-5-16(17)19)21-18(25)22-7-6-12-2-4-15(24)8-13(12)10-22/h2-5,8-9,24H,6-7,10H2,1H3,(H,20,23)(H,21,25). The summed E-state index contributed by atoms with van der Waals surface area (Å²) in [6.45, 7) is 2.21. The Balaban J connectivity index is 1.71. The number of benzene rings is 2. The summed E-state index contributed by atoms with van der Waals surface area (Å²) in [6.07, 6.45) is 0.698. The van der Waals surface area contributed by atoms with Crippen molar-refractivity contribution in [1.29, 1.82) is 0 Å². The van der Waals surface area contributed by atoms with E-state index < -0.39 is 11.7 Å². The van der Waals surface area contributed by atoms with Crippen LogP contribution in [0.2, 0.25) is 0 Å². The molecule has 2 aromatic rings. The summed E-state index contributed by atoms with van der Waals surface area (Å²) >= 11 is 0. The molecule has 3 N–H and O–H groups in total. The van der Waals surface area contributed by atoms with Gasteiger partial charge in [0, 0.05) is 25.7 Å². The number of nitrogens with one attached hydrogen (secondary N) is 2. The topological polar surface area (TPSA) is 81.7 Å². The zero-order valence-corrected chi connectivity index (χ0v) is 13.7. The molecule has 0 radical (unpaired) electrons. The summed E-state index contributed by atoms with van der Waals surface area (Å²) in [5.41, 5.74) is 2.41. The molecule has 0 spiro atoms. The molecular weight excluding hydrogens is 325 g/mol. The Morgan fingerprint density at radius 2 is 1.92 bits per heavy atom. The zero-order chi connectivity index (χ0) is 18.0. The molecule has 0 atom stereocenters. The summed E-state index contributed by atoms with van der Waals surface area (Å²) < 4.78 is 13.7. The molecule has 3 amide bonds. The van der Waals surface area contributed by atoms with Gasteiger partial charge in [-0.25, -0.2) is 9.18 Å². The highest BCUT2D eigenvalue weighted by Crippen LogP contribution is 2.24. The van der Waals surface area contributed by atoms with Crippen molar-refractivity contribution < 1.29 is 19.1 Å². The van der Waals surface area contributed by atoms with Crippen LogP contribution in [0.4, 0.5) is 20.6 Å². The lowest BCUT2D eigenvalue weighted by Crippen LogP contribution is -2.38. The molecule has 0 aromatic heterocycles. The number of aromatic hydroxyl groups is 1. The first kappa shape index (κ1) is 16.8. The number of phenolic OH excluding ortho intramolecular Hbond substituents is 1. The number of halogens is 1. The number of amides is 3. The predicted molar refractivity (Wildman–Crippen MR) is 91.9 cm³/mol. The Hall–Kier alpha value is -3.09. The zero-order valence-electron chi connectivity index (χ0n) is 13.7. The first-order valence-electron chi connectivity index (χ1n) is 7.86. The normalized spacial score (nSPS) is 13.1. The van der Waals surface area contributed by atoms with E-state index in [2.05, 4.69) is 10.6 Å². The molecule has 0 saturated heterocycles. The quantitative estimate of drug-likeness (QED) is 0.784. The molecule has 6 nitrogen and oxygen atoms in total. The minimum Gasteiger partial charge on any atom is -0.508 e. The second-order valence-corrected chi connectivity index (χ2v) is 5.93. The SMILES string of the molecule is CC(=O)Nc1cc(NC(=O)N2CCc3ccc(O)cc3C2)ccc1F. The highest BCUT2D eigenvalue weighted by molar-refractivity contribution is 5.92. The molecule has 130 valence electrons. The van der Waals surface area contributed by atoms with Crippen LogP contribution in [0.15, 0.2) is 36.4 Å². The molecule has 0 unspecified atom stereocenters. The van der Waals surface area contributed by atoms with Crippen molar-refractivity contribution in [3.63, 3.8) is 0 Å². The molecule has 0 aliphatic carbocycles. The van der Waals surface area contributed by atoms with Crippen LogP contribution in [-0.2, 0) is 17.8 Å². The number of carbonyl (C=O) groups excluding carboxylic acids is 2. The number of rotatable bonds is 2. The van der Waals surface area contributed by atoms with Crippen LogP contribution in [0.3, 0.4) is 0 Å². The third-order valence-corrected chi connectivity index (χ3v) is 4.02. The van der Waals surface area contributed by atoms with Gasteiger partial charge in [0.1, 0.15) is 11.6 Å². The van der Waals surface area contributed by atoms with Crippen LogP contribution in [-0.4, -0.2) is 28.5 Å². The van der Waals surface area contributed by atoms with Crippen molar-refractivity contribution in [2.75, 3.05) is 17.2 Å². The van der Waals surface area contributed by atoms with Gasteiger partial charge in [-0.15, -0.1) is 0 Å². The summed E-state index contributed by atoms with van der Waals surface area (Å²) in [6, 6.07) is 8.82. The van der Waals surface area contributed by atoms with Gasteiger partial charge in [-0.2, -0.15) is 0 Å². The van der Waals surface area contributed by atoms with Crippen molar-refractivity contribution in [1.82, 2.24) is 4.90 Å². The molecule has 0 bridgehead atoms. The molecular formula is C18H18FN3O3. The van der Waals surface area contributed by atoms with Crippen LogP contribution >= 0.6 is 0 Å². The summed E-state index contributed by atoms with van der Waals surface area (Å²) in [4.78, 5) is 25.2. The number of hydrogen-bond donors (Lipinski definition) is 3. The average molecular weight is 343 g/mol.